The Bertz CT molecular complexity index is 1130. The van der Waals surface area contributed by atoms with Gasteiger partial charge < -0.3 is 15.5 Å². The molecule has 1 aliphatic heterocycles. The van der Waals surface area contributed by atoms with Crippen LogP contribution in [-0.2, 0) is 26.0 Å². The molecule has 2 amide bonds. The fraction of sp³-hybridized carbons (Fsp3) is 0.417. The van der Waals surface area contributed by atoms with Crippen molar-refractivity contribution in [1.82, 2.24) is 14.5 Å². The highest BCUT2D eigenvalue weighted by atomic mass is 32.2. The average molecular weight is 473 g/mol. The lowest BCUT2D eigenvalue weighted by Crippen LogP contribution is -2.43. The number of carbonyl (C=O) groups is 2. The van der Waals surface area contributed by atoms with Crippen molar-refractivity contribution in [2.24, 2.45) is 0 Å². The third-order valence-corrected chi connectivity index (χ3v) is 7.61. The first-order valence-electron chi connectivity index (χ1n) is 11.0. The van der Waals surface area contributed by atoms with Gasteiger partial charge >= 0.3 is 0 Å². The van der Waals surface area contributed by atoms with Crippen LogP contribution in [0.2, 0.25) is 0 Å². The highest BCUT2D eigenvalue weighted by Gasteiger charge is 2.38. The van der Waals surface area contributed by atoms with E-state index in [0.29, 0.717) is 19.5 Å². The molecule has 1 aliphatic rings. The van der Waals surface area contributed by atoms with Gasteiger partial charge in [-0.05, 0) is 56.3 Å². The summed E-state index contributed by atoms with van der Waals surface area (Å²) >= 11 is 0. The van der Waals surface area contributed by atoms with Crippen LogP contribution >= 0.6 is 0 Å². The lowest BCUT2D eigenvalue weighted by molar-refractivity contribution is -0.122. The van der Waals surface area contributed by atoms with Crippen molar-refractivity contribution >= 4 is 27.5 Å². The number of hydrogen-bond donors (Lipinski definition) is 2. The number of anilines is 1. The lowest BCUT2D eigenvalue weighted by atomic mass is 9.92. The predicted octanol–water partition coefficient (Wildman–Crippen LogP) is 2.31. The van der Waals surface area contributed by atoms with Gasteiger partial charge in [0.1, 0.15) is 4.90 Å². The SMILES string of the molecule is CC(=O)Nc1ccc(C)cc1S(=O)(=O)N1CCc2ccccc2C1CC(=O)NCCN(C)C. The quantitative estimate of drug-likeness (QED) is 0.614. The minimum Gasteiger partial charge on any atom is -0.355 e. The normalized spacial score (nSPS) is 16.3. The van der Waals surface area contributed by atoms with Gasteiger partial charge in [0.2, 0.25) is 21.8 Å². The number of benzene rings is 2. The van der Waals surface area contributed by atoms with E-state index >= 15 is 0 Å². The first kappa shape index (κ1) is 24.9. The Labute approximate surface area is 196 Å². The summed E-state index contributed by atoms with van der Waals surface area (Å²) in [5.41, 5.74) is 2.88. The molecule has 0 aliphatic carbocycles. The van der Waals surface area contributed by atoms with Crippen molar-refractivity contribution in [3.63, 3.8) is 0 Å². The van der Waals surface area contributed by atoms with E-state index in [-0.39, 0.29) is 35.4 Å². The summed E-state index contributed by atoms with van der Waals surface area (Å²) in [5.74, 6) is -0.554. The van der Waals surface area contributed by atoms with E-state index in [2.05, 4.69) is 10.6 Å². The van der Waals surface area contributed by atoms with Gasteiger partial charge in [0.15, 0.2) is 0 Å². The third-order valence-electron chi connectivity index (χ3n) is 5.66. The van der Waals surface area contributed by atoms with Crippen LogP contribution in [0.5, 0.6) is 0 Å². The Morgan fingerprint density at radius 3 is 2.58 bits per heavy atom. The number of hydrogen-bond acceptors (Lipinski definition) is 5. The molecule has 0 aromatic heterocycles. The minimum atomic E-state index is -4.00. The highest BCUT2D eigenvalue weighted by Crippen LogP contribution is 2.38. The fourth-order valence-electron chi connectivity index (χ4n) is 4.06. The summed E-state index contributed by atoms with van der Waals surface area (Å²) in [4.78, 5) is 26.5. The molecule has 1 unspecified atom stereocenters. The molecule has 1 atom stereocenters. The number of amides is 2. The first-order valence-corrected chi connectivity index (χ1v) is 12.4. The molecule has 178 valence electrons. The highest BCUT2D eigenvalue weighted by molar-refractivity contribution is 7.89. The van der Waals surface area contributed by atoms with Gasteiger partial charge in [-0.15, -0.1) is 0 Å². The maximum Gasteiger partial charge on any atom is 0.245 e. The zero-order valence-electron chi connectivity index (χ0n) is 19.6. The summed E-state index contributed by atoms with van der Waals surface area (Å²) in [6, 6.07) is 11.9. The third kappa shape index (κ3) is 5.98. The Hall–Kier alpha value is -2.75. The molecule has 9 heteroatoms. The maximum atomic E-state index is 13.9. The molecule has 2 aromatic carbocycles. The van der Waals surface area contributed by atoms with Crippen molar-refractivity contribution in [1.29, 1.82) is 0 Å². The average Bonchev–Trinajstić information content (AvgIpc) is 2.74. The zero-order chi connectivity index (χ0) is 24.2. The molecule has 0 saturated heterocycles. The second kappa shape index (κ2) is 10.5. The molecule has 33 heavy (non-hydrogen) atoms. The number of likely N-dealkylation sites (N-methyl/N-ethyl adjacent to an activating group) is 1. The van der Waals surface area contributed by atoms with E-state index in [4.69, 9.17) is 0 Å². The number of nitrogens with one attached hydrogen (secondary N) is 2. The van der Waals surface area contributed by atoms with Gasteiger partial charge in [-0.3, -0.25) is 9.59 Å². The van der Waals surface area contributed by atoms with Gasteiger partial charge in [0, 0.05) is 33.0 Å². The van der Waals surface area contributed by atoms with Crippen molar-refractivity contribution < 1.29 is 18.0 Å². The first-order chi connectivity index (χ1) is 15.6. The molecule has 0 radical (unpaired) electrons. The van der Waals surface area contributed by atoms with Crippen molar-refractivity contribution in [3.05, 3.63) is 59.2 Å². The van der Waals surface area contributed by atoms with Gasteiger partial charge in [0.05, 0.1) is 11.7 Å². The number of fused-ring (bicyclic) bond motifs is 1. The molecule has 3 rings (SSSR count). The van der Waals surface area contributed by atoms with Crippen LogP contribution in [0.3, 0.4) is 0 Å². The molecular formula is C24H32N4O4S. The molecule has 0 bridgehead atoms. The largest absolute Gasteiger partial charge is 0.355 e. The van der Waals surface area contributed by atoms with Crippen LogP contribution in [-0.4, -0.2) is 63.2 Å². The Morgan fingerprint density at radius 2 is 1.88 bits per heavy atom. The number of carbonyl (C=O) groups excluding carboxylic acids is 2. The molecule has 2 N–H and O–H groups in total. The van der Waals surface area contributed by atoms with Gasteiger partial charge in [0.25, 0.3) is 0 Å². The summed E-state index contributed by atoms with van der Waals surface area (Å²) in [6.45, 7) is 4.57. The summed E-state index contributed by atoms with van der Waals surface area (Å²) < 4.78 is 29.2. The standard InChI is InChI=1S/C24H32N4O4S/c1-17-9-10-21(26-18(2)29)23(15-17)33(31,32)28-13-11-19-7-5-6-8-20(19)22(28)16-24(30)25-12-14-27(3)4/h5-10,15,22H,11-14,16H2,1-4H3,(H,25,30)(H,26,29). The number of aryl methyl sites for hydroxylation is 1. The molecule has 0 spiro atoms. The molecule has 1 heterocycles. The van der Waals surface area contributed by atoms with Crippen LogP contribution in [0.15, 0.2) is 47.4 Å². The topological polar surface area (TPSA) is 98.8 Å². The van der Waals surface area contributed by atoms with Crippen LogP contribution in [0, 0.1) is 6.92 Å². The summed E-state index contributed by atoms with van der Waals surface area (Å²) in [5, 5.41) is 5.52. The van der Waals surface area contributed by atoms with Crippen LogP contribution in [0.25, 0.3) is 0 Å². The zero-order valence-corrected chi connectivity index (χ0v) is 20.4. The fourth-order valence-corrected chi connectivity index (χ4v) is 5.90. The van der Waals surface area contributed by atoms with Crippen molar-refractivity contribution in [2.45, 2.75) is 37.6 Å². The molecule has 2 aromatic rings. The predicted molar refractivity (Wildman–Crippen MR) is 128 cm³/mol. The summed E-state index contributed by atoms with van der Waals surface area (Å²) in [6.07, 6.45) is 0.570. The molecule has 8 nitrogen and oxygen atoms in total. The number of nitrogens with zero attached hydrogens (tertiary/aromatic N) is 2. The van der Waals surface area contributed by atoms with Gasteiger partial charge in [-0.2, -0.15) is 4.31 Å². The Balaban J connectivity index is 1.98. The van der Waals surface area contributed by atoms with Crippen molar-refractivity contribution in [2.75, 3.05) is 39.0 Å². The monoisotopic (exact) mass is 472 g/mol. The second-order valence-corrected chi connectivity index (χ2v) is 10.5. The van der Waals surface area contributed by atoms with E-state index in [9.17, 15) is 18.0 Å². The number of sulfonamides is 1. The lowest BCUT2D eigenvalue weighted by Gasteiger charge is -2.36. The van der Waals surface area contributed by atoms with E-state index < -0.39 is 16.1 Å². The molecule has 0 fully saturated rings. The van der Waals surface area contributed by atoms with Crippen LogP contribution in [0.1, 0.15) is 36.1 Å². The Morgan fingerprint density at radius 1 is 1.15 bits per heavy atom. The van der Waals surface area contributed by atoms with Crippen LogP contribution < -0.4 is 10.6 Å². The maximum absolute atomic E-state index is 13.9. The molecule has 0 saturated carbocycles. The van der Waals surface area contributed by atoms with Crippen molar-refractivity contribution in [3.8, 4) is 0 Å². The number of rotatable bonds is 8. The van der Waals surface area contributed by atoms with Crippen LogP contribution in [0.4, 0.5) is 5.69 Å². The smallest absolute Gasteiger partial charge is 0.245 e. The van der Waals surface area contributed by atoms with E-state index in [0.717, 1.165) is 16.7 Å². The second-order valence-electron chi connectivity index (χ2n) is 8.62. The minimum absolute atomic E-state index is 0.0188. The summed E-state index contributed by atoms with van der Waals surface area (Å²) in [7, 11) is -0.156. The van der Waals surface area contributed by atoms with E-state index in [1.807, 2.05) is 43.3 Å². The molecular weight excluding hydrogens is 440 g/mol. The Kier molecular flexibility index (Phi) is 7.88. The van der Waals surface area contributed by atoms with E-state index in [1.165, 1.54) is 11.2 Å². The van der Waals surface area contributed by atoms with Gasteiger partial charge in [-0.25, -0.2) is 8.42 Å². The van der Waals surface area contributed by atoms with E-state index in [1.54, 1.807) is 25.1 Å². The van der Waals surface area contributed by atoms with Gasteiger partial charge in [-0.1, -0.05) is 30.3 Å².